The van der Waals surface area contributed by atoms with E-state index in [0.29, 0.717) is 23.4 Å². The third-order valence-corrected chi connectivity index (χ3v) is 4.80. The lowest BCUT2D eigenvalue weighted by Crippen LogP contribution is -2.45. The molecule has 2 heterocycles. The predicted octanol–water partition coefficient (Wildman–Crippen LogP) is 3.54. The molecule has 0 radical (unpaired) electrons. The van der Waals surface area contributed by atoms with Crippen LogP contribution in [-0.4, -0.2) is 21.0 Å². The van der Waals surface area contributed by atoms with Crippen LogP contribution in [0.15, 0.2) is 39.3 Å². The van der Waals surface area contributed by atoms with Crippen LogP contribution in [0.1, 0.15) is 53.6 Å². The Balaban J connectivity index is 1.62. The summed E-state index contributed by atoms with van der Waals surface area (Å²) in [6.45, 7) is 3.49. The zero-order valence-electron chi connectivity index (χ0n) is 14.8. The quantitative estimate of drug-likeness (QED) is 0.772. The van der Waals surface area contributed by atoms with Gasteiger partial charge in [-0.1, -0.05) is 36.2 Å². The molecule has 7 nitrogen and oxygen atoms in total. The summed E-state index contributed by atoms with van der Waals surface area (Å²) in [5.41, 5.74) is 0.516. The largest absolute Gasteiger partial charge is 0.441 e. The Morgan fingerprint density at radius 2 is 1.85 bits per heavy atom. The van der Waals surface area contributed by atoms with Crippen molar-refractivity contribution in [1.29, 1.82) is 0 Å². The summed E-state index contributed by atoms with van der Waals surface area (Å²) in [5.74, 6) is 1.66. The second-order valence-corrected chi connectivity index (χ2v) is 6.67. The Morgan fingerprint density at radius 3 is 2.50 bits per heavy atom. The normalized spacial score (nSPS) is 15.9. The standard InChI is InChI=1S/C19H20N4O3/c1-12-15(21-17(25-12)14-8-4-3-5-9-14)16(24)22-19(10-6-7-11-19)18-20-13(2)26-23-18/h3-5,8-9H,6-7,10-11H2,1-2H3,(H,22,24). The Morgan fingerprint density at radius 1 is 1.12 bits per heavy atom. The molecule has 4 rings (SSSR count). The summed E-state index contributed by atoms with van der Waals surface area (Å²) in [7, 11) is 0. The molecule has 1 aliphatic carbocycles. The van der Waals surface area contributed by atoms with Crippen molar-refractivity contribution >= 4 is 5.91 Å². The van der Waals surface area contributed by atoms with Crippen LogP contribution in [-0.2, 0) is 5.54 Å². The van der Waals surface area contributed by atoms with E-state index in [2.05, 4.69) is 20.4 Å². The second kappa shape index (κ2) is 6.40. The highest BCUT2D eigenvalue weighted by atomic mass is 16.5. The van der Waals surface area contributed by atoms with Crippen molar-refractivity contribution in [3.63, 3.8) is 0 Å². The van der Waals surface area contributed by atoms with E-state index in [0.717, 1.165) is 31.2 Å². The van der Waals surface area contributed by atoms with E-state index in [9.17, 15) is 4.79 Å². The van der Waals surface area contributed by atoms with Gasteiger partial charge in [0.05, 0.1) is 0 Å². The topological polar surface area (TPSA) is 94.1 Å². The van der Waals surface area contributed by atoms with Gasteiger partial charge in [0, 0.05) is 12.5 Å². The monoisotopic (exact) mass is 352 g/mol. The highest BCUT2D eigenvalue weighted by Crippen LogP contribution is 2.37. The molecule has 3 aromatic rings. The fourth-order valence-electron chi connectivity index (χ4n) is 3.46. The average molecular weight is 352 g/mol. The highest BCUT2D eigenvalue weighted by molar-refractivity contribution is 5.94. The fraction of sp³-hybridized carbons (Fsp3) is 0.368. The van der Waals surface area contributed by atoms with Crippen LogP contribution in [0.4, 0.5) is 0 Å². The highest BCUT2D eigenvalue weighted by Gasteiger charge is 2.42. The molecule has 26 heavy (non-hydrogen) atoms. The Hall–Kier alpha value is -2.96. The van der Waals surface area contributed by atoms with Crippen LogP contribution < -0.4 is 5.32 Å². The van der Waals surface area contributed by atoms with Crippen molar-refractivity contribution in [2.24, 2.45) is 0 Å². The third kappa shape index (κ3) is 2.89. The zero-order chi connectivity index (χ0) is 18.1. The van der Waals surface area contributed by atoms with Gasteiger partial charge in [-0.15, -0.1) is 0 Å². The maximum absolute atomic E-state index is 12.9. The fourth-order valence-corrected chi connectivity index (χ4v) is 3.46. The van der Waals surface area contributed by atoms with Gasteiger partial charge in [0.15, 0.2) is 11.5 Å². The van der Waals surface area contributed by atoms with Crippen LogP contribution in [0.25, 0.3) is 11.5 Å². The number of nitrogens with zero attached hydrogens (tertiary/aromatic N) is 3. The van der Waals surface area contributed by atoms with Gasteiger partial charge < -0.3 is 14.3 Å². The van der Waals surface area contributed by atoms with Gasteiger partial charge in [-0.05, 0) is 31.9 Å². The summed E-state index contributed by atoms with van der Waals surface area (Å²) in [6, 6.07) is 9.52. The zero-order valence-corrected chi connectivity index (χ0v) is 14.8. The molecule has 1 aromatic carbocycles. The van der Waals surface area contributed by atoms with Gasteiger partial charge in [0.2, 0.25) is 11.8 Å². The second-order valence-electron chi connectivity index (χ2n) is 6.67. The van der Waals surface area contributed by atoms with Crippen LogP contribution in [0.2, 0.25) is 0 Å². The van der Waals surface area contributed by atoms with Gasteiger partial charge >= 0.3 is 0 Å². The van der Waals surface area contributed by atoms with Crippen LogP contribution in [0.5, 0.6) is 0 Å². The maximum Gasteiger partial charge on any atom is 0.274 e. The van der Waals surface area contributed by atoms with Crippen molar-refractivity contribution in [3.8, 4) is 11.5 Å². The summed E-state index contributed by atoms with van der Waals surface area (Å²) in [4.78, 5) is 21.7. The number of hydrogen-bond acceptors (Lipinski definition) is 6. The minimum absolute atomic E-state index is 0.280. The Labute approximate surface area is 150 Å². The number of benzene rings is 1. The van der Waals surface area contributed by atoms with E-state index in [1.165, 1.54) is 0 Å². The van der Waals surface area contributed by atoms with E-state index in [1.54, 1.807) is 13.8 Å². The van der Waals surface area contributed by atoms with E-state index in [4.69, 9.17) is 8.94 Å². The van der Waals surface area contributed by atoms with E-state index >= 15 is 0 Å². The van der Waals surface area contributed by atoms with Gasteiger partial charge in [-0.2, -0.15) is 4.98 Å². The molecule has 0 spiro atoms. The van der Waals surface area contributed by atoms with Crippen molar-refractivity contribution in [3.05, 3.63) is 53.5 Å². The molecule has 0 unspecified atom stereocenters. The number of carbonyl (C=O) groups excluding carboxylic acids is 1. The molecule has 1 saturated carbocycles. The van der Waals surface area contributed by atoms with Crippen molar-refractivity contribution < 1.29 is 13.7 Å². The van der Waals surface area contributed by atoms with Gasteiger partial charge in [-0.25, -0.2) is 4.98 Å². The van der Waals surface area contributed by atoms with Crippen LogP contribution >= 0.6 is 0 Å². The number of nitrogens with one attached hydrogen (secondary N) is 1. The molecule has 0 aliphatic heterocycles. The molecule has 134 valence electrons. The maximum atomic E-state index is 12.9. The first-order valence-electron chi connectivity index (χ1n) is 8.73. The predicted molar refractivity (Wildman–Crippen MR) is 93.3 cm³/mol. The van der Waals surface area contributed by atoms with Crippen molar-refractivity contribution in [1.82, 2.24) is 20.4 Å². The lowest BCUT2D eigenvalue weighted by molar-refractivity contribution is 0.0885. The number of rotatable bonds is 4. The Bertz CT molecular complexity index is 923. The van der Waals surface area contributed by atoms with Crippen LogP contribution in [0.3, 0.4) is 0 Å². The molecule has 0 bridgehead atoms. The number of amides is 1. The lowest BCUT2D eigenvalue weighted by atomic mass is 9.96. The number of carbonyl (C=O) groups is 1. The first kappa shape index (κ1) is 16.5. The number of aromatic nitrogens is 3. The van der Waals surface area contributed by atoms with Gasteiger partial charge in [-0.3, -0.25) is 4.79 Å². The number of oxazole rings is 1. The SMILES string of the molecule is Cc1nc(C2(NC(=O)c3nc(-c4ccccc4)oc3C)CCCC2)no1. The smallest absolute Gasteiger partial charge is 0.274 e. The van der Waals surface area contributed by atoms with Gasteiger partial charge in [0.25, 0.3) is 5.91 Å². The molecular weight excluding hydrogens is 332 g/mol. The number of aryl methyl sites for hydroxylation is 2. The van der Waals surface area contributed by atoms with Crippen LogP contribution in [0, 0.1) is 13.8 Å². The third-order valence-electron chi connectivity index (χ3n) is 4.80. The first-order valence-corrected chi connectivity index (χ1v) is 8.73. The summed E-state index contributed by atoms with van der Waals surface area (Å²) < 4.78 is 10.8. The summed E-state index contributed by atoms with van der Waals surface area (Å²) in [6.07, 6.45) is 3.56. The lowest BCUT2D eigenvalue weighted by Gasteiger charge is -2.26. The van der Waals surface area contributed by atoms with E-state index < -0.39 is 5.54 Å². The molecule has 1 fully saturated rings. The molecule has 1 aliphatic rings. The minimum atomic E-state index is -0.604. The minimum Gasteiger partial charge on any atom is -0.441 e. The molecule has 1 amide bonds. The Kier molecular flexibility index (Phi) is 4.06. The molecule has 7 heteroatoms. The van der Waals surface area contributed by atoms with Crippen molar-refractivity contribution in [2.45, 2.75) is 45.1 Å². The molecule has 0 atom stereocenters. The first-order chi connectivity index (χ1) is 12.6. The van der Waals surface area contributed by atoms with Gasteiger partial charge in [0.1, 0.15) is 11.3 Å². The van der Waals surface area contributed by atoms with E-state index in [-0.39, 0.29) is 11.6 Å². The summed E-state index contributed by atoms with van der Waals surface area (Å²) >= 11 is 0. The molecule has 0 saturated heterocycles. The summed E-state index contributed by atoms with van der Waals surface area (Å²) in [5, 5.41) is 7.14. The molecular formula is C19H20N4O3. The number of hydrogen-bond donors (Lipinski definition) is 1. The molecule has 1 N–H and O–H groups in total. The van der Waals surface area contributed by atoms with Crippen molar-refractivity contribution in [2.75, 3.05) is 0 Å². The van der Waals surface area contributed by atoms with E-state index in [1.807, 2.05) is 30.3 Å². The average Bonchev–Trinajstić information content (AvgIpc) is 3.36. The molecule has 2 aromatic heterocycles.